The molecule has 1 amide bonds. The lowest BCUT2D eigenvalue weighted by Gasteiger charge is -2.35. The van der Waals surface area contributed by atoms with Gasteiger partial charge in [0.2, 0.25) is 5.95 Å². The van der Waals surface area contributed by atoms with Crippen molar-refractivity contribution in [3.8, 4) is 0 Å². The summed E-state index contributed by atoms with van der Waals surface area (Å²) in [7, 11) is 0. The molecule has 0 saturated carbocycles. The zero-order valence-corrected chi connectivity index (χ0v) is 16.7. The third-order valence-corrected chi connectivity index (χ3v) is 5.36. The van der Waals surface area contributed by atoms with Crippen LogP contribution in [0.3, 0.4) is 0 Å². The maximum atomic E-state index is 12.7. The number of piperazine rings is 1. The van der Waals surface area contributed by atoms with Crippen LogP contribution in [-0.2, 0) is 4.74 Å². The zero-order valence-electron chi connectivity index (χ0n) is 16.0. The number of hydrogen-bond acceptors (Lipinski definition) is 6. The van der Waals surface area contributed by atoms with Crippen molar-refractivity contribution in [1.29, 1.82) is 0 Å². The second-order valence-corrected chi connectivity index (χ2v) is 7.49. The summed E-state index contributed by atoms with van der Waals surface area (Å²) in [5.74, 6) is 1.72. The third-order valence-electron chi connectivity index (χ3n) is 5.10. The lowest BCUT2D eigenvalue weighted by atomic mass is 10.2. The molecule has 0 aliphatic carbocycles. The largest absolute Gasteiger partial charge is 0.378 e. The molecule has 8 heteroatoms. The molecule has 2 saturated heterocycles. The van der Waals surface area contributed by atoms with E-state index >= 15 is 0 Å². The van der Waals surface area contributed by atoms with Gasteiger partial charge in [0, 0.05) is 61.6 Å². The number of amides is 1. The van der Waals surface area contributed by atoms with E-state index in [1.165, 1.54) is 0 Å². The van der Waals surface area contributed by atoms with E-state index < -0.39 is 0 Å². The number of rotatable bonds is 3. The minimum Gasteiger partial charge on any atom is -0.378 e. The number of nitrogens with zero attached hydrogens (tertiary/aromatic N) is 5. The number of ether oxygens (including phenoxy) is 1. The Kier molecular flexibility index (Phi) is 5.64. The lowest BCUT2D eigenvalue weighted by Crippen LogP contribution is -2.49. The number of anilines is 2. The molecule has 0 bridgehead atoms. The maximum Gasteiger partial charge on any atom is 0.253 e. The standard InChI is InChI=1S/C20H24ClN5O2/c1-15-14-18(24-10-12-28-13-11-24)23-20(22-15)26-8-6-25(7-9-26)19(27)16-2-4-17(21)5-3-16/h2-5,14H,6-13H2,1H3. The van der Waals surface area contributed by atoms with Crippen LogP contribution in [0, 0.1) is 6.92 Å². The third kappa shape index (κ3) is 4.20. The van der Waals surface area contributed by atoms with Crippen molar-refractivity contribution in [2.24, 2.45) is 0 Å². The summed E-state index contributed by atoms with van der Waals surface area (Å²) in [6.07, 6.45) is 0. The summed E-state index contributed by atoms with van der Waals surface area (Å²) in [6, 6.07) is 9.07. The number of aromatic nitrogens is 2. The molecular weight excluding hydrogens is 378 g/mol. The van der Waals surface area contributed by atoms with Crippen molar-refractivity contribution in [3.05, 3.63) is 46.6 Å². The van der Waals surface area contributed by atoms with Crippen LogP contribution >= 0.6 is 11.6 Å². The van der Waals surface area contributed by atoms with Crippen LogP contribution in [0.2, 0.25) is 5.02 Å². The van der Waals surface area contributed by atoms with E-state index in [1.807, 2.05) is 17.9 Å². The number of halogens is 1. The van der Waals surface area contributed by atoms with Gasteiger partial charge in [-0.3, -0.25) is 4.79 Å². The van der Waals surface area contributed by atoms with E-state index in [0.29, 0.717) is 36.8 Å². The summed E-state index contributed by atoms with van der Waals surface area (Å²) in [5.41, 5.74) is 1.62. The molecule has 2 fully saturated rings. The summed E-state index contributed by atoms with van der Waals surface area (Å²) < 4.78 is 5.43. The van der Waals surface area contributed by atoms with E-state index in [2.05, 4.69) is 14.8 Å². The van der Waals surface area contributed by atoms with Crippen molar-refractivity contribution in [2.75, 3.05) is 62.3 Å². The van der Waals surface area contributed by atoms with Gasteiger partial charge in [0.05, 0.1) is 13.2 Å². The highest BCUT2D eigenvalue weighted by molar-refractivity contribution is 6.30. The van der Waals surface area contributed by atoms with Gasteiger partial charge in [0.15, 0.2) is 0 Å². The number of carbonyl (C=O) groups excluding carboxylic acids is 1. The van der Waals surface area contributed by atoms with Crippen LogP contribution in [0.1, 0.15) is 16.1 Å². The Morgan fingerprint density at radius 2 is 1.64 bits per heavy atom. The Morgan fingerprint density at radius 3 is 2.32 bits per heavy atom. The first kappa shape index (κ1) is 19.0. The molecule has 28 heavy (non-hydrogen) atoms. The van der Waals surface area contributed by atoms with Crippen LogP contribution in [0.4, 0.5) is 11.8 Å². The smallest absolute Gasteiger partial charge is 0.253 e. The minimum absolute atomic E-state index is 0.0375. The van der Waals surface area contributed by atoms with Crippen molar-refractivity contribution in [2.45, 2.75) is 6.92 Å². The maximum absolute atomic E-state index is 12.7. The molecule has 2 aliphatic heterocycles. The Bertz CT molecular complexity index is 831. The van der Waals surface area contributed by atoms with Gasteiger partial charge in [-0.15, -0.1) is 0 Å². The zero-order chi connectivity index (χ0) is 19.5. The van der Waals surface area contributed by atoms with Gasteiger partial charge in [-0.25, -0.2) is 4.98 Å². The monoisotopic (exact) mass is 401 g/mol. The number of aryl methyl sites for hydroxylation is 1. The van der Waals surface area contributed by atoms with Crippen molar-refractivity contribution < 1.29 is 9.53 Å². The molecule has 148 valence electrons. The fourth-order valence-electron chi connectivity index (χ4n) is 3.52. The molecular formula is C20H24ClN5O2. The topological polar surface area (TPSA) is 61.8 Å². The van der Waals surface area contributed by atoms with Crippen molar-refractivity contribution in [3.63, 3.8) is 0 Å². The first-order valence-corrected chi connectivity index (χ1v) is 9.96. The Labute approximate surface area is 169 Å². The summed E-state index contributed by atoms with van der Waals surface area (Å²) in [5, 5.41) is 0.633. The first-order chi connectivity index (χ1) is 13.6. The average Bonchev–Trinajstić information content (AvgIpc) is 2.74. The van der Waals surface area contributed by atoms with Gasteiger partial charge in [-0.2, -0.15) is 4.98 Å². The van der Waals surface area contributed by atoms with E-state index in [4.69, 9.17) is 21.3 Å². The summed E-state index contributed by atoms with van der Waals surface area (Å²) in [6.45, 7) is 7.86. The second-order valence-electron chi connectivity index (χ2n) is 7.05. The minimum atomic E-state index is 0.0375. The molecule has 3 heterocycles. The SMILES string of the molecule is Cc1cc(N2CCOCC2)nc(N2CCN(C(=O)c3ccc(Cl)cc3)CC2)n1. The number of hydrogen-bond donors (Lipinski definition) is 0. The van der Waals surface area contributed by atoms with E-state index in [0.717, 1.165) is 43.8 Å². The highest BCUT2D eigenvalue weighted by atomic mass is 35.5. The van der Waals surface area contributed by atoms with Crippen LogP contribution in [0.5, 0.6) is 0 Å². The van der Waals surface area contributed by atoms with Crippen molar-refractivity contribution in [1.82, 2.24) is 14.9 Å². The molecule has 0 radical (unpaired) electrons. The van der Waals surface area contributed by atoms with Crippen LogP contribution in [0.25, 0.3) is 0 Å². The summed E-state index contributed by atoms with van der Waals surface area (Å²) >= 11 is 5.91. The van der Waals surface area contributed by atoms with Gasteiger partial charge in [0.25, 0.3) is 5.91 Å². The average molecular weight is 402 g/mol. The van der Waals surface area contributed by atoms with Gasteiger partial charge in [0.1, 0.15) is 5.82 Å². The van der Waals surface area contributed by atoms with Gasteiger partial charge < -0.3 is 19.4 Å². The highest BCUT2D eigenvalue weighted by Gasteiger charge is 2.24. The van der Waals surface area contributed by atoms with Gasteiger partial charge in [-0.1, -0.05) is 11.6 Å². The molecule has 1 aromatic carbocycles. The lowest BCUT2D eigenvalue weighted by molar-refractivity contribution is 0.0746. The number of benzene rings is 1. The van der Waals surface area contributed by atoms with Crippen molar-refractivity contribution >= 4 is 29.3 Å². The van der Waals surface area contributed by atoms with Crippen LogP contribution in [-0.4, -0.2) is 73.3 Å². The molecule has 2 aromatic rings. The van der Waals surface area contributed by atoms with E-state index in [-0.39, 0.29) is 5.91 Å². The van der Waals surface area contributed by atoms with Crippen LogP contribution in [0.15, 0.2) is 30.3 Å². The Hall–Kier alpha value is -2.38. The van der Waals surface area contributed by atoms with Gasteiger partial charge in [-0.05, 0) is 31.2 Å². The molecule has 4 rings (SSSR count). The molecule has 0 unspecified atom stereocenters. The van der Waals surface area contributed by atoms with Crippen LogP contribution < -0.4 is 9.80 Å². The molecule has 0 atom stereocenters. The Morgan fingerprint density at radius 1 is 0.964 bits per heavy atom. The van der Waals surface area contributed by atoms with Gasteiger partial charge >= 0.3 is 0 Å². The first-order valence-electron chi connectivity index (χ1n) is 9.58. The predicted octanol–water partition coefficient (Wildman–Crippen LogP) is 2.24. The van der Waals surface area contributed by atoms with E-state index in [9.17, 15) is 4.79 Å². The fourth-order valence-corrected chi connectivity index (χ4v) is 3.64. The Balaban J connectivity index is 1.42. The molecule has 0 N–H and O–H groups in total. The molecule has 2 aliphatic rings. The predicted molar refractivity (Wildman–Crippen MR) is 109 cm³/mol. The molecule has 1 aromatic heterocycles. The number of carbonyl (C=O) groups is 1. The summed E-state index contributed by atoms with van der Waals surface area (Å²) in [4.78, 5) is 28.4. The molecule has 0 spiro atoms. The highest BCUT2D eigenvalue weighted by Crippen LogP contribution is 2.20. The number of morpholine rings is 1. The van der Waals surface area contributed by atoms with E-state index in [1.54, 1.807) is 24.3 Å². The molecule has 7 nitrogen and oxygen atoms in total. The quantitative estimate of drug-likeness (QED) is 0.786. The fraction of sp³-hybridized carbons (Fsp3) is 0.450. The second kappa shape index (κ2) is 8.32. The normalized spacial score (nSPS) is 17.7.